The summed E-state index contributed by atoms with van der Waals surface area (Å²) in [6, 6.07) is 7.94. The van der Waals surface area contributed by atoms with Gasteiger partial charge in [0.05, 0.1) is 5.69 Å². The summed E-state index contributed by atoms with van der Waals surface area (Å²) in [5.41, 5.74) is 3.29. The van der Waals surface area contributed by atoms with Crippen molar-refractivity contribution in [2.45, 2.75) is 51.5 Å². The average molecular weight is 361 g/mol. The number of aromatic nitrogens is 2. The second-order valence-electron chi connectivity index (χ2n) is 9.16. The second kappa shape index (κ2) is 6.74. The molecular formula is C23H27N3O. The van der Waals surface area contributed by atoms with Crippen LogP contribution in [0.3, 0.4) is 0 Å². The van der Waals surface area contributed by atoms with Crippen LogP contribution in [0, 0.1) is 23.2 Å². The Kier molecular flexibility index (Phi) is 4.22. The highest BCUT2D eigenvalue weighted by Gasteiger charge is 2.51. The SMILES string of the molecule is O=C(CC12CC3CC(CC(C3)C1)C2)NCc1ccnc(-c2cccnc2)c1. The van der Waals surface area contributed by atoms with E-state index in [2.05, 4.69) is 15.3 Å². The van der Waals surface area contributed by atoms with Gasteiger partial charge in [-0.25, -0.2) is 0 Å². The van der Waals surface area contributed by atoms with Crippen LogP contribution in [-0.2, 0) is 11.3 Å². The average Bonchev–Trinajstić information content (AvgIpc) is 2.66. The molecular weight excluding hydrogens is 334 g/mol. The van der Waals surface area contributed by atoms with E-state index in [0.29, 0.717) is 12.0 Å². The Morgan fingerprint density at radius 3 is 2.48 bits per heavy atom. The van der Waals surface area contributed by atoms with Crippen LogP contribution >= 0.6 is 0 Å². The number of pyridine rings is 2. The molecule has 140 valence electrons. The Balaban J connectivity index is 1.21. The predicted octanol–water partition coefficient (Wildman–Crippen LogP) is 4.37. The molecule has 2 heterocycles. The first kappa shape index (κ1) is 16.9. The van der Waals surface area contributed by atoms with Crippen molar-refractivity contribution in [1.29, 1.82) is 0 Å². The van der Waals surface area contributed by atoms with E-state index in [9.17, 15) is 4.79 Å². The monoisotopic (exact) mass is 361 g/mol. The smallest absolute Gasteiger partial charge is 0.220 e. The molecule has 4 heteroatoms. The molecule has 6 rings (SSSR count). The molecule has 0 aromatic carbocycles. The van der Waals surface area contributed by atoms with E-state index in [4.69, 9.17) is 0 Å². The lowest BCUT2D eigenvalue weighted by molar-refractivity contribution is -0.129. The summed E-state index contributed by atoms with van der Waals surface area (Å²) < 4.78 is 0. The zero-order chi connectivity index (χ0) is 18.3. The number of carbonyl (C=O) groups is 1. The highest BCUT2D eigenvalue weighted by atomic mass is 16.1. The third-order valence-corrected chi connectivity index (χ3v) is 6.97. The molecule has 1 N–H and O–H groups in total. The summed E-state index contributed by atoms with van der Waals surface area (Å²) in [6.45, 7) is 0.570. The van der Waals surface area contributed by atoms with Gasteiger partial charge < -0.3 is 5.32 Å². The molecule has 0 aliphatic heterocycles. The van der Waals surface area contributed by atoms with Gasteiger partial charge >= 0.3 is 0 Å². The second-order valence-corrected chi connectivity index (χ2v) is 9.16. The fourth-order valence-electron chi connectivity index (χ4n) is 6.37. The molecule has 4 bridgehead atoms. The number of nitrogens with one attached hydrogen (secondary N) is 1. The number of rotatable bonds is 5. The van der Waals surface area contributed by atoms with Crippen LogP contribution in [-0.4, -0.2) is 15.9 Å². The lowest BCUT2D eigenvalue weighted by Crippen LogP contribution is -2.47. The van der Waals surface area contributed by atoms with Crippen LogP contribution in [0.25, 0.3) is 11.3 Å². The van der Waals surface area contributed by atoms with Gasteiger partial charge in [-0.1, -0.05) is 0 Å². The molecule has 2 aromatic heterocycles. The maximum absolute atomic E-state index is 12.7. The molecule has 1 amide bonds. The van der Waals surface area contributed by atoms with E-state index in [1.165, 1.54) is 38.5 Å². The summed E-state index contributed by atoms with van der Waals surface area (Å²) in [6.07, 6.45) is 14.2. The van der Waals surface area contributed by atoms with E-state index in [-0.39, 0.29) is 5.91 Å². The summed E-state index contributed by atoms with van der Waals surface area (Å²) >= 11 is 0. The molecule has 0 unspecified atom stereocenters. The van der Waals surface area contributed by atoms with E-state index in [0.717, 1.165) is 41.0 Å². The summed E-state index contributed by atoms with van der Waals surface area (Å²) in [7, 11) is 0. The van der Waals surface area contributed by atoms with Gasteiger partial charge in [-0.3, -0.25) is 14.8 Å². The number of carbonyl (C=O) groups excluding carboxylic acids is 1. The van der Waals surface area contributed by atoms with Crippen molar-refractivity contribution in [3.63, 3.8) is 0 Å². The zero-order valence-corrected chi connectivity index (χ0v) is 15.7. The number of hydrogen-bond acceptors (Lipinski definition) is 3. The van der Waals surface area contributed by atoms with Gasteiger partial charge in [0.2, 0.25) is 5.91 Å². The standard InChI is InChI=1S/C23H27N3O/c27-22(13-23-10-17-6-18(11-23)8-19(7-17)12-23)26-14-16-3-5-25-21(9-16)20-2-1-4-24-15-20/h1-5,9,15,17-19H,6-8,10-14H2,(H,26,27). The number of nitrogens with zero attached hydrogens (tertiary/aromatic N) is 2. The van der Waals surface area contributed by atoms with Crippen molar-refractivity contribution in [3.05, 3.63) is 48.4 Å². The van der Waals surface area contributed by atoms with Gasteiger partial charge in [0.15, 0.2) is 0 Å². The maximum atomic E-state index is 12.7. The molecule has 4 nitrogen and oxygen atoms in total. The number of hydrogen-bond donors (Lipinski definition) is 1. The van der Waals surface area contributed by atoms with Crippen molar-refractivity contribution >= 4 is 5.91 Å². The molecule has 0 saturated heterocycles. The van der Waals surface area contributed by atoms with Crippen LogP contribution in [0.1, 0.15) is 50.5 Å². The minimum Gasteiger partial charge on any atom is -0.352 e. The molecule has 27 heavy (non-hydrogen) atoms. The predicted molar refractivity (Wildman–Crippen MR) is 105 cm³/mol. The van der Waals surface area contributed by atoms with Crippen LogP contribution in [0.4, 0.5) is 0 Å². The molecule has 4 saturated carbocycles. The number of amides is 1. The molecule has 4 fully saturated rings. The Labute approximate surface area is 160 Å². The molecule has 2 aromatic rings. The van der Waals surface area contributed by atoms with Crippen molar-refractivity contribution in [3.8, 4) is 11.3 Å². The zero-order valence-electron chi connectivity index (χ0n) is 15.7. The minimum atomic E-state index is 0.219. The highest BCUT2D eigenvalue weighted by molar-refractivity contribution is 5.76. The summed E-state index contributed by atoms with van der Waals surface area (Å²) in [5.74, 6) is 2.90. The Hall–Kier alpha value is -2.23. The summed E-state index contributed by atoms with van der Waals surface area (Å²) in [5, 5.41) is 3.17. The van der Waals surface area contributed by atoms with Crippen LogP contribution in [0.15, 0.2) is 42.9 Å². The first-order chi connectivity index (χ1) is 13.2. The van der Waals surface area contributed by atoms with Crippen LogP contribution in [0.2, 0.25) is 0 Å². The first-order valence-electron chi connectivity index (χ1n) is 10.3. The fourth-order valence-corrected chi connectivity index (χ4v) is 6.37. The minimum absolute atomic E-state index is 0.219. The first-order valence-corrected chi connectivity index (χ1v) is 10.3. The van der Waals surface area contributed by atoms with E-state index >= 15 is 0 Å². The van der Waals surface area contributed by atoms with Gasteiger partial charge in [0.25, 0.3) is 0 Å². The maximum Gasteiger partial charge on any atom is 0.220 e. The van der Waals surface area contributed by atoms with Gasteiger partial charge in [-0.15, -0.1) is 0 Å². The van der Waals surface area contributed by atoms with Gasteiger partial charge in [-0.2, -0.15) is 0 Å². The largest absolute Gasteiger partial charge is 0.352 e. The van der Waals surface area contributed by atoms with Gasteiger partial charge in [-0.05, 0) is 91.5 Å². The van der Waals surface area contributed by atoms with Crippen molar-refractivity contribution in [1.82, 2.24) is 15.3 Å². The fraction of sp³-hybridized carbons (Fsp3) is 0.522. The molecule has 0 radical (unpaired) electrons. The normalized spacial score (nSPS) is 31.0. The third-order valence-electron chi connectivity index (χ3n) is 6.97. The van der Waals surface area contributed by atoms with Gasteiger partial charge in [0.1, 0.15) is 0 Å². The molecule has 0 atom stereocenters. The lowest BCUT2D eigenvalue weighted by atomic mass is 9.49. The van der Waals surface area contributed by atoms with E-state index in [1.54, 1.807) is 6.20 Å². The summed E-state index contributed by atoms with van der Waals surface area (Å²) in [4.78, 5) is 21.3. The van der Waals surface area contributed by atoms with E-state index < -0.39 is 0 Å². The van der Waals surface area contributed by atoms with Gasteiger partial charge in [0, 0.05) is 37.1 Å². The van der Waals surface area contributed by atoms with E-state index in [1.807, 2.05) is 36.7 Å². The highest BCUT2D eigenvalue weighted by Crippen LogP contribution is 2.61. The van der Waals surface area contributed by atoms with Crippen LogP contribution in [0.5, 0.6) is 0 Å². The van der Waals surface area contributed by atoms with Crippen molar-refractivity contribution < 1.29 is 4.79 Å². The topological polar surface area (TPSA) is 54.9 Å². The lowest BCUT2D eigenvalue weighted by Gasteiger charge is -2.56. The Morgan fingerprint density at radius 1 is 1.07 bits per heavy atom. The Morgan fingerprint density at radius 2 is 1.81 bits per heavy atom. The van der Waals surface area contributed by atoms with Crippen molar-refractivity contribution in [2.75, 3.05) is 0 Å². The third kappa shape index (κ3) is 3.50. The van der Waals surface area contributed by atoms with Crippen molar-refractivity contribution in [2.24, 2.45) is 23.2 Å². The Bertz CT molecular complexity index is 797. The van der Waals surface area contributed by atoms with Crippen LogP contribution < -0.4 is 5.32 Å². The molecule has 0 spiro atoms. The molecule has 4 aliphatic rings. The quantitative estimate of drug-likeness (QED) is 0.860. The molecule has 4 aliphatic carbocycles.